The minimum Gasteiger partial charge on any atom is -0.385 e. The van der Waals surface area contributed by atoms with Crippen molar-refractivity contribution in [1.82, 2.24) is 18.7 Å². The van der Waals surface area contributed by atoms with Crippen LogP contribution in [0.2, 0.25) is 0 Å². The number of fused-ring (bicyclic) bond motifs is 1. The van der Waals surface area contributed by atoms with Crippen LogP contribution < -0.4 is 11.2 Å². The average molecular weight is 252 g/mol. The van der Waals surface area contributed by atoms with Gasteiger partial charge in [0.15, 0.2) is 11.2 Å². The molecule has 1 N–H and O–H groups in total. The van der Waals surface area contributed by atoms with Crippen LogP contribution in [0.25, 0.3) is 11.2 Å². The molecular weight excluding hydrogens is 236 g/mol. The van der Waals surface area contributed by atoms with Gasteiger partial charge in [-0.3, -0.25) is 13.9 Å². The topological polar surface area (TPSA) is 82.1 Å². The van der Waals surface area contributed by atoms with Gasteiger partial charge in [0.25, 0.3) is 5.56 Å². The van der Waals surface area contributed by atoms with Crippen LogP contribution in [0.5, 0.6) is 0 Å². The molecule has 0 saturated carbocycles. The Hall–Kier alpha value is -1.89. The average Bonchev–Trinajstić information content (AvgIpc) is 2.71. The number of hydrogen-bond donors (Lipinski definition) is 1. The predicted molar refractivity (Wildman–Crippen MR) is 66.4 cm³/mol. The number of aryl methyl sites for hydroxylation is 2. The zero-order chi connectivity index (χ0) is 13.6. The molecule has 7 nitrogen and oxygen atoms in total. The molecule has 18 heavy (non-hydrogen) atoms. The Morgan fingerprint density at radius 3 is 2.33 bits per heavy atom. The lowest BCUT2D eigenvalue weighted by Crippen LogP contribution is -2.37. The first-order chi connectivity index (χ1) is 8.40. The standard InChI is InChI=1S/C11H16N4O3/c1-5-6(16)8-12-9-7(13(8)2)10(17)15(4)11(18)14(9)3/h6,16H,5H2,1-4H3. The number of aromatic nitrogens is 4. The summed E-state index contributed by atoms with van der Waals surface area (Å²) in [6.07, 6.45) is -0.256. The second-order valence-electron chi connectivity index (χ2n) is 4.33. The van der Waals surface area contributed by atoms with Gasteiger partial charge in [0.05, 0.1) is 0 Å². The van der Waals surface area contributed by atoms with Gasteiger partial charge in [-0.25, -0.2) is 9.78 Å². The molecule has 0 amide bonds. The minimum atomic E-state index is -0.748. The van der Waals surface area contributed by atoms with Crippen molar-refractivity contribution < 1.29 is 5.11 Å². The molecule has 1 atom stereocenters. The van der Waals surface area contributed by atoms with Crippen LogP contribution in [0.15, 0.2) is 9.59 Å². The monoisotopic (exact) mass is 252 g/mol. The Labute approximate surface area is 103 Å². The van der Waals surface area contributed by atoms with Gasteiger partial charge in [-0.05, 0) is 6.42 Å². The van der Waals surface area contributed by atoms with Crippen molar-refractivity contribution in [3.05, 3.63) is 26.7 Å². The Morgan fingerprint density at radius 1 is 1.17 bits per heavy atom. The number of aliphatic hydroxyl groups is 1. The summed E-state index contributed by atoms with van der Waals surface area (Å²) in [5, 5.41) is 9.85. The molecule has 0 spiro atoms. The van der Waals surface area contributed by atoms with Crippen LogP contribution in [0.3, 0.4) is 0 Å². The molecule has 0 saturated heterocycles. The number of hydrogen-bond acceptors (Lipinski definition) is 4. The molecular formula is C11H16N4O3. The molecule has 0 aliphatic carbocycles. The summed E-state index contributed by atoms with van der Waals surface area (Å²) in [6.45, 7) is 1.82. The molecule has 7 heteroatoms. The van der Waals surface area contributed by atoms with Crippen molar-refractivity contribution >= 4 is 11.2 Å². The zero-order valence-electron chi connectivity index (χ0n) is 10.8. The Morgan fingerprint density at radius 2 is 1.78 bits per heavy atom. The van der Waals surface area contributed by atoms with Crippen molar-refractivity contribution in [3.8, 4) is 0 Å². The first-order valence-corrected chi connectivity index (χ1v) is 5.70. The van der Waals surface area contributed by atoms with Crippen molar-refractivity contribution in [2.45, 2.75) is 19.4 Å². The molecule has 0 aliphatic rings. The van der Waals surface area contributed by atoms with Crippen LogP contribution in [-0.2, 0) is 21.1 Å². The Balaban J connectivity index is 2.98. The van der Waals surface area contributed by atoms with E-state index in [1.54, 1.807) is 18.7 Å². The van der Waals surface area contributed by atoms with E-state index in [1.165, 1.54) is 11.6 Å². The molecule has 98 valence electrons. The second kappa shape index (κ2) is 4.09. The maximum atomic E-state index is 12.1. The maximum absolute atomic E-state index is 12.1. The number of rotatable bonds is 2. The second-order valence-corrected chi connectivity index (χ2v) is 4.33. The maximum Gasteiger partial charge on any atom is 0.332 e. The molecule has 0 aromatic carbocycles. The summed E-state index contributed by atoms with van der Waals surface area (Å²) in [5.41, 5.74) is -0.212. The van der Waals surface area contributed by atoms with Gasteiger partial charge in [-0.1, -0.05) is 6.92 Å². The van der Waals surface area contributed by atoms with E-state index < -0.39 is 17.4 Å². The van der Waals surface area contributed by atoms with E-state index in [0.717, 1.165) is 4.57 Å². The third-order valence-corrected chi connectivity index (χ3v) is 3.19. The molecule has 0 fully saturated rings. The molecule has 2 aromatic heterocycles. The van der Waals surface area contributed by atoms with Crippen LogP contribution in [0.1, 0.15) is 25.3 Å². The van der Waals surface area contributed by atoms with Crippen LogP contribution in [0, 0.1) is 0 Å². The first-order valence-electron chi connectivity index (χ1n) is 5.70. The number of imidazole rings is 1. The highest BCUT2D eigenvalue weighted by atomic mass is 16.3. The van der Waals surface area contributed by atoms with E-state index in [2.05, 4.69) is 4.98 Å². The quantitative estimate of drug-likeness (QED) is 0.774. The third-order valence-electron chi connectivity index (χ3n) is 3.19. The van der Waals surface area contributed by atoms with Gasteiger partial charge >= 0.3 is 5.69 Å². The van der Waals surface area contributed by atoms with Crippen molar-refractivity contribution in [2.75, 3.05) is 0 Å². The summed E-state index contributed by atoms with van der Waals surface area (Å²) >= 11 is 0. The van der Waals surface area contributed by atoms with E-state index in [4.69, 9.17) is 0 Å². The molecule has 2 aromatic rings. The van der Waals surface area contributed by atoms with Crippen molar-refractivity contribution in [1.29, 1.82) is 0 Å². The highest BCUT2D eigenvalue weighted by Crippen LogP contribution is 2.18. The van der Waals surface area contributed by atoms with Gasteiger partial charge < -0.3 is 9.67 Å². The predicted octanol–water partition coefficient (Wildman–Crippen LogP) is -0.586. The smallest absolute Gasteiger partial charge is 0.332 e. The van der Waals surface area contributed by atoms with Crippen molar-refractivity contribution in [3.63, 3.8) is 0 Å². The summed E-state index contributed by atoms with van der Waals surface area (Å²) in [5.74, 6) is 0.394. The molecule has 0 radical (unpaired) electrons. The molecule has 0 aliphatic heterocycles. The molecule has 1 unspecified atom stereocenters. The van der Waals surface area contributed by atoms with E-state index >= 15 is 0 Å². The fraction of sp³-hybridized carbons (Fsp3) is 0.545. The van der Waals surface area contributed by atoms with Gasteiger partial charge in [-0.15, -0.1) is 0 Å². The Kier molecular flexibility index (Phi) is 2.86. The van der Waals surface area contributed by atoms with Crippen LogP contribution in [0.4, 0.5) is 0 Å². The highest BCUT2D eigenvalue weighted by molar-refractivity contribution is 5.70. The van der Waals surface area contributed by atoms with E-state index in [0.29, 0.717) is 23.4 Å². The van der Waals surface area contributed by atoms with Crippen LogP contribution >= 0.6 is 0 Å². The van der Waals surface area contributed by atoms with Gasteiger partial charge in [-0.2, -0.15) is 0 Å². The largest absolute Gasteiger partial charge is 0.385 e. The number of aliphatic hydroxyl groups excluding tert-OH is 1. The first kappa shape index (κ1) is 12.6. The van der Waals surface area contributed by atoms with E-state index in [-0.39, 0.29) is 0 Å². The van der Waals surface area contributed by atoms with Crippen LogP contribution in [-0.4, -0.2) is 23.8 Å². The SMILES string of the molecule is CCC(O)c1nc2c(c(=O)n(C)c(=O)n2C)n1C. The normalized spacial score (nSPS) is 13.2. The third kappa shape index (κ3) is 1.51. The fourth-order valence-corrected chi connectivity index (χ4v) is 2.02. The zero-order valence-corrected chi connectivity index (χ0v) is 10.8. The minimum absolute atomic E-state index is 0.299. The Bertz CT molecular complexity index is 722. The molecule has 0 bridgehead atoms. The van der Waals surface area contributed by atoms with E-state index in [1.807, 2.05) is 6.92 Å². The lowest BCUT2D eigenvalue weighted by atomic mass is 10.3. The number of nitrogens with zero attached hydrogens (tertiary/aromatic N) is 4. The lowest BCUT2D eigenvalue weighted by molar-refractivity contribution is 0.161. The van der Waals surface area contributed by atoms with Gasteiger partial charge in [0, 0.05) is 21.1 Å². The lowest BCUT2D eigenvalue weighted by Gasteiger charge is -2.06. The van der Waals surface area contributed by atoms with E-state index in [9.17, 15) is 14.7 Å². The highest BCUT2D eigenvalue weighted by Gasteiger charge is 2.20. The van der Waals surface area contributed by atoms with Gasteiger partial charge in [0.1, 0.15) is 11.9 Å². The summed E-state index contributed by atoms with van der Waals surface area (Å²) < 4.78 is 3.89. The van der Waals surface area contributed by atoms with Crippen molar-refractivity contribution in [2.24, 2.45) is 21.1 Å². The molecule has 2 heterocycles. The summed E-state index contributed by atoms with van der Waals surface area (Å²) in [6, 6.07) is 0. The fourth-order valence-electron chi connectivity index (χ4n) is 2.02. The van der Waals surface area contributed by atoms with Gasteiger partial charge in [0.2, 0.25) is 0 Å². The summed E-state index contributed by atoms with van der Waals surface area (Å²) in [7, 11) is 4.64. The molecule has 2 rings (SSSR count). The summed E-state index contributed by atoms with van der Waals surface area (Å²) in [4.78, 5) is 28.0.